The van der Waals surface area contributed by atoms with Crippen LogP contribution in [0.1, 0.15) is 126 Å². The summed E-state index contributed by atoms with van der Waals surface area (Å²) >= 11 is 3.54. The molecule has 3 rings (SSSR count). The summed E-state index contributed by atoms with van der Waals surface area (Å²) in [5.41, 5.74) is 3.17. The van der Waals surface area contributed by atoms with E-state index in [0.717, 1.165) is 35.4 Å². The van der Waals surface area contributed by atoms with Crippen molar-refractivity contribution in [3.8, 4) is 11.5 Å². The van der Waals surface area contributed by atoms with E-state index < -0.39 is 0 Å². The number of unbranched alkanes of at least 4 members (excludes halogenated alkanes) is 15. The van der Waals surface area contributed by atoms with Crippen LogP contribution < -0.4 is 14.9 Å². The summed E-state index contributed by atoms with van der Waals surface area (Å²) in [5.74, 6) is 1.28. The van der Waals surface area contributed by atoms with Gasteiger partial charge in [-0.1, -0.05) is 162 Å². The second-order valence-electron chi connectivity index (χ2n) is 11.8. The standard InChI is InChI=1S/C38H54BrNO3/c1-2-3-4-5-6-7-8-9-10-11-12-13-14-15-16-20-27-42-38-31-40(35(29-39)28-37(38)41)30-33-23-25-36(26-24-33)43-32-34-21-18-17-19-22-34/h17-19,21-26,28,31H,2-16,20,27,29-30,32H2,1H3. The quantitative estimate of drug-likeness (QED) is 0.0714. The maximum absolute atomic E-state index is 12.7. The van der Waals surface area contributed by atoms with Crippen LogP contribution in [0.5, 0.6) is 11.5 Å². The normalized spacial score (nSPS) is 11.1. The lowest BCUT2D eigenvalue weighted by Gasteiger charge is -2.15. The Morgan fingerprint density at radius 3 is 1.77 bits per heavy atom. The van der Waals surface area contributed by atoms with Crippen LogP contribution in [0.3, 0.4) is 0 Å². The summed E-state index contributed by atoms with van der Waals surface area (Å²) in [4.78, 5) is 12.7. The van der Waals surface area contributed by atoms with Crippen LogP contribution >= 0.6 is 15.9 Å². The molecular weight excluding hydrogens is 598 g/mol. The number of hydrogen-bond donors (Lipinski definition) is 0. The van der Waals surface area contributed by atoms with Gasteiger partial charge in [-0.15, -0.1) is 0 Å². The lowest BCUT2D eigenvalue weighted by molar-refractivity contribution is 0.298. The number of pyridine rings is 1. The third-order valence-electron chi connectivity index (χ3n) is 8.10. The lowest BCUT2D eigenvalue weighted by Crippen LogP contribution is -2.16. The highest BCUT2D eigenvalue weighted by Gasteiger charge is 2.09. The highest BCUT2D eigenvalue weighted by molar-refractivity contribution is 9.08. The maximum Gasteiger partial charge on any atom is 0.223 e. The zero-order valence-electron chi connectivity index (χ0n) is 26.5. The van der Waals surface area contributed by atoms with E-state index in [1.807, 2.05) is 36.5 Å². The Labute approximate surface area is 269 Å². The second-order valence-corrected chi connectivity index (χ2v) is 12.4. The van der Waals surface area contributed by atoms with Crippen LogP contribution in [0.15, 0.2) is 71.7 Å². The van der Waals surface area contributed by atoms with Gasteiger partial charge in [0.2, 0.25) is 5.43 Å². The first kappa shape index (κ1) is 35.0. The minimum Gasteiger partial charge on any atom is -0.489 e. The van der Waals surface area contributed by atoms with Crippen molar-refractivity contribution in [1.82, 2.24) is 4.57 Å². The molecule has 5 heteroatoms. The van der Waals surface area contributed by atoms with Crippen molar-refractivity contribution in [2.75, 3.05) is 6.61 Å². The Morgan fingerprint density at radius 1 is 0.651 bits per heavy atom. The van der Waals surface area contributed by atoms with Crippen molar-refractivity contribution in [3.05, 3.63) is 93.9 Å². The first-order valence-corrected chi connectivity index (χ1v) is 18.0. The van der Waals surface area contributed by atoms with Crippen LogP contribution in [-0.2, 0) is 18.5 Å². The molecule has 2 aromatic carbocycles. The summed E-state index contributed by atoms with van der Waals surface area (Å²) < 4.78 is 14.0. The minimum atomic E-state index is -0.0492. The molecule has 0 bridgehead atoms. The number of ether oxygens (including phenoxy) is 2. The predicted molar refractivity (Wildman–Crippen MR) is 185 cm³/mol. The SMILES string of the molecule is CCCCCCCCCCCCCCCCCCOc1cn(Cc2ccc(OCc3ccccc3)cc2)c(CBr)cc1=O. The largest absolute Gasteiger partial charge is 0.489 e. The maximum atomic E-state index is 12.7. The molecule has 236 valence electrons. The van der Waals surface area contributed by atoms with Crippen molar-refractivity contribution >= 4 is 15.9 Å². The van der Waals surface area contributed by atoms with Crippen molar-refractivity contribution in [3.63, 3.8) is 0 Å². The molecule has 0 fully saturated rings. The third kappa shape index (κ3) is 14.7. The fourth-order valence-electron chi connectivity index (χ4n) is 5.43. The van der Waals surface area contributed by atoms with Crippen molar-refractivity contribution in [1.29, 1.82) is 0 Å². The van der Waals surface area contributed by atoms with E-state index in [-0.39, 0.29) is 5.43 Å². The Morgan fingerprint density at radius 2 is 1.21 bits per heavy atom. The van der Waals surface area contributed by atoms with Crippen molar-refractivity contribution in [2.24, 2.45) is 0 Å². The molecule has 43 heavy (non-hydrogen) atoms. The van der Waals surface area contributed by atoms with E-state index in [1.165, 1.54) is 89.9 Å². The molecule has 0 radical (unpaired) electrons. The number of hydrogen-bond acceptors (Lipinski definition) is 3. The first-order chi connectivity index (χ1) is 21.2. The number of rotatable bonds is 24. The summed E-state index contributed by atoms with van der Waals surface area (Å²) in [7, 11) is 0. The number of nitrogens with zero attached hydrogens (tertiary/aromatic N) is 1. The van der Waals surface area contributed by atoms with Gasteiger partial charge in [0.1, 0.15) is 12.4 Å². The monoisotopic (exact) mass is 651 g/mol. The number of aromatic nitrogens is 1. The summed E-state index contributed by atoms with van der Waals surface area (Å²) in [6, 6.07) is 20.0. The number of benzene rings is 2. The third-order valence-corrected chi connectivity index (χ3v) is 8.67. The van der Waals surface area contributed by atoms with Gasteiger partial charge in [0, 0.05) is 23.6 Å². The molecular formula is C38H54BrNO3. The first-order valence-electron chi connectivity index (χ1n) is 16.9. The molecule has 0 spiro atoms. The summed E-state index contributed by atoms with van der Waals surface area (Å²) in [6.07, 6.45) is 23.4. The topological polar surface area (TPSA) is 40.5 Å². The molecule has 0 saturated heterocycles. The Balaban J connectivity index is 1.29. The van der Waals surface area contributed by atoms with Crippen LogP contribution in [-0.4, -0.2) is 11.2 Å². The van der Waals surface area contributed by atoms with Crippen LogP contribution in [0.2, 0.25) is 0 Å². The smallest absolute Gasteiger partial charge is 0.223 e. The minimum absolute atomic E-state index is 0.0492. The molecule has 0 atom stereocenters. The van der Waals surface area contributed by atoms with E-state index in [2.05, 4.69) is 51.7 Å². The molecule has 0 saturated carbocycles. The molecule has 3 aromatic rings. The van der Waals surface area contributed by atoms with E-state index in [0.29, 0.717) is 30.8 Å². The van der Waals surface area contributed by atoms with Gasteiger partial charge < -0.3 is 14.0 Å². The van der Waals surface area contributed by atoms with E-state index in [9.17, 15) is 4.79 Å². The average Bonchev–Trinajstić information content (AvgIpc) is 3.03. The molecule has 4 nitrogen and oxygen atoms in total. The van der Waals surface area contributed by atoms with E-state index in [4.69, 9.17) is 9.47 Å². The van der Waals surface area contributed by atoms with E-state index in [1.54, 1.807) is 6.07 Å². The van der Waals surface area contributed by atoms with Gasteiger partial charge in [0.15, 0.2) is 5.75 Å². The lowest BCUT2D eigenvalue weighted by atomic mass is 10.0. The van der Waals surface area contributed by atoms with Crippen LogP contribution in [0.25, 0.3) is 0 Å². The predicted octanol–water partition coefficient (Wildman–Crippen LogP) is 11.0. The van der Waals surface area contributed by atoms with Crippen molar-refractivity contribution < 1.29 is 9.47 Å². The van der Waals surface area contributed by atoms with Gasteiger partial charge in [-0.25, -0.2) is 0 Å². The van der Waals surface area contributed by atoms with Gasteiger partial charge in [-0.3, -0.25) is 4.79 Å². The van der Waals surface area contributed by atoms with Crippen molar-refractivity contribution in [2.45, 2.75) is 128 Å². The van der Waals surface area contributed by atoms with Crippen LogP contribution in [0, 0.1) is 0 Å². The fraction of sp³-hybridized carbons (Fsp3) is 0.553. The number of alkyl halides is 1. The zero-order chi connectivity index (χ0) is 30.4. The molecule has 0 aliphatic rings. The highest BCUT2D eigenvalue weighted by Crippen LogP contribution is 2.18. The molecule has 0 aliphatic carbocycles. The average molecular weight is 653 g/mol. The van der Waals surface area contributed by atoms with Gasteiger partial charge in [0.05, 0.1) is 12.8 Å². The van der Waals surface area contributed by atoms with Gasteiger partial charge in [-0.05, 0) is 29.7 Å². The van der Waals surface area contributed by atoms with Crippen LogP contribution in [0.4, 0.5) is 0 Å². The van der Waals surface area contributed by atoms with Gasteiger partial charge in [-0.2, -0.15) is 0 Å². The second kappa shape index (κ2) is 22.0. The molecule has 1 aromatic heterocycles. The fourth-order valence-corrected chi connectivity index (χ4v) is 5.91. The Kier molecular flexibility index (Phi) is 17.9. The van der Waals surface area contributed by atoms with Gasteiger partial charge >= 0.3 is 0 Å². The number of halogens is 1. The zero-order valence-corrected chi connectivity index (χ0v) is 28.1. The summed E-state index contributed by atoms with van der Waals surface area (Å²) in [6.45, 7) is 4.09. The Bertz CT molecular complexity index is 1180. The molecule has 0 aliphatic heterocycles. The summed E-state index contributed by atoms with van der Waals surface area (Å²) in [5, 5.41) is 0.611. The van der Waals surface area contributed by atoms with E-state index >= 15 is 0 Å². The highest BCUT2D eigenvalue weighted by atomic mass is 79.9. The molecule has 0 amide bonds. The van der Waals surface area contributed by atoms with Gasteiger partial charge in [0.25, 0.3) is 0 Å². The Hall–Kier alpha value is -2.53. The molecule has 0 N–H and O–H groups in total. The molecule has 0 unspecified atom stereocenters. The molecule has 1 heterocycles.